The Labute approximate surface area is 116 Å². The monoisotopic (exact) mass is 297 g/mol. The summed E-state index contributed by atoms with van der Waals surface area (Å²) < 4.78 is 26.9. The number of thiophene rings is 1. The standard InChI is InChI=1S/C12H15N3O2S2/c1-9-5-10(3-4-14-9)15-19(16,17)12-6-11(7-13-2)18-8-12/h3-6,8,13H,7H2,1-2H3,(H,14,15). The largest absolute Gasteiger partial charge is 0.315 e. The van der Waals surface area contributed by atoms with E-state index in [1.54, 1.807) is 29.8 Å². The van der Waals surface area contributed by atoms with E-state index in [1.807, 2.05) is 14.0 Å². The van der Waals surface area contributed by atoms with Crippen LogP contribution in [0.5, 0.6) is 0 Å². The Morgan fingerprint density at radius 2 is 2.16 bits per heavy atom. The molecule has 2 N–H and O–H groups in total. The second-order valence-electron chi connectivity index (χ2n) is 4.07. The maximum atomic E-state index is 12.2. The molecule has 0 unspecified atom stereocenters. The van der Waals surface area contributed by atoms with Crippen LogP contribution in [0, 0.1) is 6.92 Å². The normalized spacial score (nSPS) is 11.5. The van der Waals surface area contributed by atoms with E-state index < -0.39 is 10.0 Å². The summed E-state index contributed by atoms with van der Waals surface area (Å²) in [7, 11) is -1.70. The summed E-state index contributed by atoms with van der Waals surface area (Å²) in [5, 5.41) is 4.63. The molecule has 0 aliphatic rings. The van der Waals surface area contributed by atoms with Gasteiger partial charge in [0.15, 0.2) is 0 Å². The lowest BCUT2D eigenvalue weighted by Gasteiger charge is -2.06. The number of aromatic nitrogens is 1. The predicted octanol–water partition coefficient (Wildman–Crippen LogP) is 1.97. The van der Waals surface area contributed by atoms with Gasteiger partial charge in [-0.15, -0.1) is 11.3 Å². The van der Waals surface area contributed by atoms with Gasteiger partial charge in [0.1, 0.15) is 0 Å². The summed E-state index contributed by atoms with van der Waals surface area (Å²) in [6.45, 7) is 2.47. The van der Waals surface area contributed by atoms with E-state index >= 15 is 0 Å². The molecule has 0 amide bonds. The fraction of sp³-hybridized carbons (Fsp3) is 0.250. The number of anilines is 1. The Morgan fingerprint density at radius 1 is 1.37 bits per heavy atom. The third-order valence-corrected chi connectivity index (χ3v) is 4.89. The SMILES string of the molecule is CNCc1cc(S(=O)(=O)Nc2ccnc(C)c2)cs1. The van der Waals surface area contributed by atoms with Crippen molar-refractivity contribution >= 4 is 27.0 Å². The zero-order chi connectivity index (χ0) is 13.9. The second-order valence-corrected chi connectivity index (χ2v) is 6.75. The average molecular weight is 297 g/mol. The van der Waals surface area contributed by atoms with Gasteiger partial charge in [-0.3, -0.25) is 9.71 Å². The Hall–Kier alpha value is -1.44. The molecule has 0 aliphatic heterocycles. The highest BCUT2D eigenvalue weighted by molar-refractivity contribution is 7.92. The molecule has 0 fully saturated rings. The third-order valence-electron chi connectivity index (χ3n) is 2.44. The topological polar surface area (TPSA) is 71.1 Å². The Balaban J connectivity index is 2.22. The fourth-order valence-corrected chi connectivity index (χ4v) is 3.93. The van der Waals surface area contributed by atoms with Crippen LogP contribution in [0.4, 0.5) is 5.69 Å². The van der Waals surface area contributed by atoms with Crippen LogP contribution in [-0.4, -0.2) is 20.4 Å². The van der Waals surface area contributed by atoms with Crippen LogP contribution in [-0.2, 0) is 16.6 Å². The van der Waals surface area contributed by atoms with Crippen molar-refractivity contribution in [1.29, 1.82) is 0 Å². The van der Waals surface area contributed by atoms with Crippen LogP contribution < -0.4 is 10.0 Å². The van der Waals surface area contributed by atoms with Gasteiger partial charge in [-0.05, 0) is 32.2 Å². The number of nitrogens with one attached hydrogen (secondary N) is 2. The zero-order valence-electron chi connectivity index (χ0n) is 10.7. The molecule has 19 heavy (non-hydrogen) atoms. The number of nitrogens with zero attached hydrogens (tertiary/aromatic N) is 1. The lowest BCUT2D eigenvalue weighted by Crippen LogP contribution is -2.12. The Bertz CT molecular complexity index is 665. The minimum Gasteiger partial charge on any atom is -0.315 e. The van der Waals surface area contributed by atoms with Crippen molar-refractivity contribution in [3.63, 3.8) is 0 Å². The third kappa shape index (κ3) is 3.52. The predicted molar refractivity (Wildman–Crippen MR) is 76.9 cm³/mol. The summed E-state index contributed by atoms with van der Waals surface area (Å²) in [5.74, 6) is 0. The quantitative estimate of drug-likeness (QED) is 0.885. The van der Waals surface area contributed by atoms with Crippen molar-refractivity contribution in [2.45, 2.75) is 18.4 Å². The summed E-state index contributed by atoms with van der Waals surface area (Å²) in [4.78, 5) is 5.30. The summed E-state index contributed by atoms with van der Waals surface area (Å²) >= 11 is 1.42. The highest BCUT2D eigenvalue weighted by atomic mass is 32.2. The molecule has 0 saturated heterocycles. The van der Waals surface area contributed by atoms with Crippen LogP contribution in [0.2, 0.25) is 0 Å². The first-order valence-corrected chi connectivity index (χ1v) is 8.05. The van der Waals surface area contributed by atoms with Gasteiger partial charge >= 0.3 is 0 Å². The number of sulfonamides is 1. The van der Waals surface area contributed by atoms with Gasteiger partial charge in [-0.25, -0.2) is 8.42 Å². The van der Waals surface area contributed by atoms with Gasteiger partial charge in [0, 0.05) is 28.7 Å². The first-order valence-electron chi connectivity index (χ1n) is 5.69. The molecule has 2 aromatic rings. The van der Waals surface area contributed by atoms with Crippen molar-refractivity contribution in [2.24, 2.45) is 0 Å². The Kier molecular flexibility index (Phi) is 4.18. The molecule has 0 radical (unpaired) electrons. The van der Waals surface area contributed by atoms with Gasteiger partial charge in [0.2, 0.25) is 0 Å². The molecule has 5 nitrogen and oxygen atoms in total. The van der Waals surface area contributed by atoms with Crippen LogP contribution in [0.25, 0.3) is 0 Å². The average Bonchev–Trinajstić information content (AvgIpc) is 2.78. The molecule has 0 aromatic carbocycles. The molecule has 0 atom stereocenters. The first kappa shape index (κ1) is 14.0. The maximum Gasteiger partial charge on any atom is 0.262 e. The molecule has 0 saturated carbocycles. The molecular weight excluding hydrogens is 282 g/mol. The van der Waals surface area contributed by atoms with Crippen molar-refractivity contribution in [3.05, 3.63) is 40.3 Å². The number of hydrogen-bond acceptors (Lipinski definition) is 5. The van der Waals surface area contributed by atoms with Gasteiger partial charge < -0.3 is 5.32 Å². The van der Waals surface area contributed by atoms with Crippen molar-refractivity contribution in [3.8, 4) is 0 Å². The van der Waals surface area contributed by atoms with Gasteiger partial charge in [-0.1, -0.05) is 0 Å². The first-order chi connectivity index (χ1) is 9.01. The lowest BCUT2D eigenvalue weighted by atomic mass is 10.3. The zero-order valence-corrected chi connectivity index (χ0v) is 12.3. The minimum absolute atomic E-state index is 0.289. The van der Waals surface area contributed by atoms with Crippen molar-refractivity contribution < 1.29 is 8.42 Å². The van der Waals surface area contributed by atoms with Crippen LogP contribution >= 0.6 is 11.3 Å². The van der Waals surface area contributed by atoms with Gasteiger partial charge in [0.25, 0.3) is 10.0 Å². The summed E-state index contributed by atoms with van der Waals surface area (Å²) in [6.07, 6.45) is 1.58. The van der Waals surface area contributed by atoms with Crippen LogP contribution in [0.3, 0.4) is 0 Å². The fourth-order valence-electron chi connectivity index (χ4n) is 1.59. The minimum atomic E-state index is -3.52. The molecule has 2 heterocycles. The second kappa shape index (κ2) is 5.68. The van der Waals surface area contributed by atoms with Crippen LogP contribution in [0.1, 0.15) is 10.6 Å². The van der Waals surface area contributed by atoms with Gasteiger partial charge in [-0.2, -0.15) is 0 Å². The number of pyridine rings is 1. The van der Waals surface area contributed by atoms with E-state index in [4.69, 9.17) is 0 Å². The van der Waals surface area contributed by atoms with Crippen molar-refractivity contribution in [1.82, 2.24) is 10.3 Å². The molecule has 0 spiro atoms. The number of hydrogen-bond donors (Lipinski definition) is 2. The number of aryl methyl sites for hydroxylation is 1. The highest BCUT2D eigenvalue weighted by Gasteiger charge is 2.16. The summed E-state index contributed by atoms with van der Waals surface area (Å²) in [6, 6.07) is 5.00. The van der Waals surface area contributed by atoms with E-state index in [0.717, 1.165) is 10.6 Å². The molecule has 102 valence electrons. The van der Waals surface area contributed by atoms with Crippen LogP contribution in [0.15, 0.2) is 34.7 Å². The van der Waals surface area contributed by atoms with Gasteiger partial charge in [0.05, 0.1) is 10.6 Å². The van der Waals surface area contributed by atoms with E-state index in [1.165, 1.54) is 11.3 Å². The van der Waals surface area contributed by atoms with E-state index in [9.17, 15) is 8.42 Å². The highest BCUT2D eigenvalue weighted by Crippen LogP contribution is 2.22. The summed E-state index contributed by atoms with van der Waals surface area (Å²) in [5.41, 5.74) is 1.29. The molecule has 2 rings (SSSR count). The van der Waals surface area contributed by atoms with Crippen molar-refractivity contribution in [2.75, 3.05) is 11.8 Å². The number of rotatable bonds is 5. The van der Waals surface area contributed by atoms with E-state index in [0.29, 0.717) is 12.2 Å². The molecule has 2 aromatic heterocycles. The smallest absolute Gasteiger partial charge is 0.262 e. The maximum absolute atomic E-state index is 12.2. The molecule has 7 heteroatoms. The molecule has 0 aliphatic carbocycles. The Morgan fingerprint density at radius 3 is 2.84 bits per heavy atom. The lowest BCUT2D eigenvalue weighted by molar-refractivity contribution is 0.601. The van der Waals surface area contributed by atoms with E-state index in [-0.39, 0.29) is 4.90 Å². The molecule has 0 bridgehead atoms. The van der Waals surface area contributed by atoms with E-state index in [2.05, 4.69) is 15.0 Å². The molecular formula is C12H15N3O2S2.